The SMILES string of the molecule is [C-]1=C(C2C=CC=C2)C=CCCCC1.[Co]. The average molecular weight is 230 g/mol. The zero-order chi connectivity index (χ0) is 8.93. The van der Waals surface area contributed by atoms with E-state index in [2.05, 4.69) is 42.5 Å². The van der Waals surface area contributed by atoms with Gasteiger partial charge >= 0.3 is 0 Å². The number of rotatable bonds is 1. The number of hydrogen-bond acceptors (Lipinski definition) is 0. The minimum Gasteiger partial charge on any atom is -0.271 e. The molecule has 0 fully saturated rings. The van der Waals surface area contributed by atoms with Gasteiger partial charge < -0.3 is 0 Å². The van der Waals surface area contributed by atoms with Crippen molar-refractivity contribution in [2.24, 2.45) is 5.92 Å². The van der Waals surface area contributed by atoms with Crippen LogP contribution in [0.5, 0.6) is 0 Å². The molecule has 0 spiro atoms. The first-order valence-corrected chi connectivity index (χ1v) is 5.09. The van der Waals surface area contributed by atoms with Crippen molar-refractivity contribution in [3.05, 3.63) is 48.1 Å². The van der Waals surface area contributed by atoms with Gasteiger partial charge in [0.2, 0.25) is 0 Å². The van der Waals surface area contributed by atoms with Gasteiger partial charge in [-0.1, -0.05) is 43.6 Å². The monoisotopic (exact) mass is 230 g/mol. The summed E-state index contributed by atoms with van der Waals surface area (Å²) in [6, 6.07) is 0. The molecule has 0 bridgehead atoms. The Hall–Kier alpha value is -0.534. The van der Waals surface area contributed by atoms with Crippen LogP contribution in [0, 0.1) is 12.0 Å². The van der Waals surface area contributed by atoms with Crippen LogP contribution in [-0.2, 0) is 16.8 Å². The Balaban J connectivity index is 0.000000980. The van der Waals surface area contributed by atoms with Crippen molar-refractivity contribution < 1.29 is 16.8 Å². The maximum absolute atomic E-state index is 3.49. The van der Waals surface area contributed by atoms with Crippen LogP contribution in [-0.4, -0.2) is 0 Å². The van der Waals surface area contributed by atoms with Crippen LogP contribution in [0.25, 0.3) is 0 Å². The standard InChI is InChI=1S/C13H15.Co/c1-2-4-8-12(9-5-3-1)13-10-6-7-11-13;/h4,6-8,10-11,13H,1-3,5H2;/q-1;. The maximum Gasteiger partial charge on any atom is 0 e. The Morgan fingerprint density at radius 1 is 1.14 bits per heavy atom. The molecule has 2 rings (SSSR count). The van der Waals surface area contributed by atoms with Crippen molar-refractivity contribution in [1.82, 2.24) is 0 Å². The molecule has 0 aromatic heterocycles. The molecule has 0 aromatic rings. The van der Waals surface area contributed by atoms with Gasteiger partial charge in [-0.25, -0.2) is 11.6 Å². The van der Waals surface area contributed by atoms with E-state index in [4.69, 9.17) is 0 Å². The second kappa shape index (κ2) is 6.05. The third kappa shape index (κ3) is 3.00. The summed E-state index contributed by atoms with van der Waals surface area (Å²) < 4.78 is 0. The predicted octanol–water partition coefficient (Wildman–Crippen LogP) is 3.59. The molecule has 0 nitrogen and oxygen atoms in total. The average Bonchev–Trinajstić information content (AvgIpc) is 2.55. The van der Waals surface area contributed by atoms with Crippen LogP contribution in [0.2, 0.25) is 0 Å². The molecular weight excluding hydrogens is 215 g/mol. The van der Waals surface area contributed by atoms with E-state index in [1.165, 1.54) is 24.8 Å². The van der Waals surface area contributed by atoms with E-state index in [-0.39, 0.29) is 16.8 Å². The van der Waals surface area contributed by atoms with Gasteiger partial charge in [0.15, 0.2) is 0 Å². The Kier molecular flexibility index (Phi) is 4.98. The summed E-state index contributed by atoms with van der Waals surface area (Å²) in [7, 11) is 0. The van der Waals surface area contributed by atoms with Crippen molar-refractivity contribution in [3.8, 4) is 0 Å². The Morgan fingerprint density at radius 3 is 2.71 bits per heavy atom. The summed E-state index contributed by atoms with van der Waals surface area (Å²) in [5.41, 5.74) is 1.35. The first-order chi connectivity index (χ1) is 6.47. The van der Waals surface area contributed by atoms with Gasteiger partial charge in [-0.05, 0) is 5.92 Å². The van der Waals surface area contributed by atoms with Gasteiger partial charge in [-0.15, -0.1) is 6.42 Å². The fraction of sp³-hybridized carbons (Fsp3) is 0.385. The van der Waals surface area contributed by atoms with Gasteiger partial charge in [0.05, 0.1) is 0 Å². The zero-order valence-electron chi connectivity index (χ0n) is 8.20. The molecule has 14 heavy (non-hydrogen) atoms. The third-order valence-corrected chi connectivity index (χ3v) is 2.53. The molecule has 77 valence electrons. The molecule has 0 atom stereocenters. The predicted molar refractivity (Wildman–Crippen MR) is 56.1 cm³/mol. The quantitative estimate of drug-likeness (QED) is 0.604. The first-order valence-electron chi connectivity index (χ1n) is 5.09. The summed E-state index contributed by atoms with van der Waals surface area (Å²) in [4.78, 5) is 0. The molecule has 0 aromatic carbocycles. The minimum atomic E-state index is 0. The second-order valence-corrected chi connectivity index (χ2v) is 3.58. The van der Waals surface area contributed by atoms with Crippen LogP contribution < -0.4 is 0 Å². The summed E-state index contributed by atoms with van der Waals surface area (Å²) in [5, 5.41) is 0. The van der Waals surface area contributed by atoms with Gasteiger partial charge in [-0.2, -0.15) is 6.08 Å². The molecule has 1 radical (unpaired) electrons. The first kappa shape index (κ1) is 11.5. The van der Waals surface area contributed by atoms with Crippen LogP contribution in [0.4, 0.5) is 0 Å². The van der Waals surface area contributed by atoms with Crippen molar-refractivity contribution in [2.75, 3.05) is 0 Å². The Morgan fingerprint density at radius 2 is 1.93 bits per heavy atom. The fourth-order valence-corrected chi connectivity index (χ4v) is 1.76. The zero-order valence-corrected chi connectivity index (χ0v) is 9.24. The molecular formula is C13H15Co-. The summed E-state index contributed by atoms with van der Waals surface area (Å²) in [5.74, 6) is 0.495. The largest absolute Gasteiger partial charge is 0.271 e. The molecule has 0 heterocycles. The van der Waals surface area contributed by atoms with Crippen LogP contribution in [0.15, 0.2) is 42.0 Å². The van der Waals surface area contributed by atoms with E-state index in [0.717, 1.165) is 6.42 Å². The van der Waals surface area contributed by atoms with E-state index < -0.39 is 0 Å². The van der Waals surface area contributed by atoms with E-state index in [9.17, 15) is 0 Å². The molecule has 0 amide bonds. The summed E-state index contributed by atoms with van der Waals surface area (Å²) in [6.07, 6.45) is 21.7. The molecule has 1 heteroatoms. The van der Waals surface area contributed by atoms with E-state index in [1.807, 2.05) is 0 Å². The summed E-state index contributed by atoms with van der Waals surface area (Å²) >= 11 is 0. The topological polar surface area (TPSA) is 0 Å². The van der Waals surface area contributed by atoms with Gasteiger partial charge in [0.25, 0.3) is 0 Å². The Bertz CT molecular complexity index is 270. The van der Waals surface area contributed by atoms with E-state index >= 15 is 0 Å². The van der Waals surface area contributed by atoms with Crippen LogP contribution in [0.3, 0.4) is 0 Å². The van der Waals surface area contributed by atoms with Crippen molar-refractivity contribution in [2.45, 2.75) is 25.7 Å². The normalized spacial score (nSPS) is 21.3. The fourth-order valence-electron chi connectivity index (χ4n) is 1.76. The molecule has 2 aliphatic carbocycles. The number of allylic oxidation sites excluding steroid dienone is 8. The number of hydrogen-bond donors (Lipinski definition) is 0. The van der Waals surface area contributed by atoms with Crippen molar-refractivity contribution >= 4 is 0 Å². The minimum absolute atomic E-state index is 0. The smallest absolute Gasteiger partial charge is 0 e. The van der Waals surface area contributed by atoms with Crippen LogP contribution >= 0.6 is 0 Å². The molecule has 0 N–H and O–H groups in total. The van der Waals surface area contributed by atoms with Gasteiger partial charge in [0.1, 0.15) is 0 Å². The molecule has 0 saturated carbocycles. The van der Waals surface area contributed by atoms with Crippen LogP contribution in [0.1, 0.15) is 25.7 Å². The van der Waals surface area contributed by atoms with E-state index in [1.54, 1.807) is 0 Å². The van der Waals surface area contributed by atoms with Crippen molar-refractivity contribution in [1.29, 1.82) is 0 Å². The van der Waals surface area contributed by atoms with E-state index in [0.29, 0.717) is 5.92 Å². The Labute approximate surface area is 96.7 Å². The third-order valence-electron chi connectivity index (χ3n) is 2.53. The van der Waals surface area contributed by atoms with Gasteiger partial charge in [-0.3, -0.25) is 6.08 Å². The summed E-state index contributed by atoms with van der Waals surface area (Å²) in [6.45, 7) is 0. The molecule has 2 aliphatic rings. The maximum atomic E-state index is 3.49. The molecule has 0 aliphatic heterocycles. The molecule has 0 saturated heterocycles. The second-order valence-electron chi connectivity index (χ2n) is 3.58. The molecule has 0 unspecified atom stereocenters. The van der Waals surface area contributed by atoms with Crippen molar-refractivity contribution in [3.63, 3.8) is 0 Å². The van der Waals surface area contributed by atoms with Gasteiger partial charge in [0, 0.05) is 16.8 Å².